The molecule has 0 radical (unpaired) electrons. The minimum absolute atomic E-state index is 0.356. The Kier molecular flexibility index (Phi) is 0.322. The van der Waals surface area contributed by atoms with Crippen LogP contribution in [-0.2, 0) is 11.0 Å². The Morgan fingerprint density at radius 2 is 2.00 bits per heavy atom. The first-order valence-electron chi connectivity index (χ1n) is 1.03. The maximum absolute atomic E-state index is 9.54. The van der Waals surface area contributed by atoms with E-state index in [2.05, 4.69) is 0 Å². The fourth-order valence-corrected chi connectivity index (χ4v) is 0.267. The van der Waals surface area contributed by atoms with Crippen LogP contribution in [0, 0.1) is 0 Å². The van der Waals surface area contributed by atoms with Gasteiger partial charge in [-0.15, -0.1) is 0 Å². The second-order valence-corrected chi connectivity index (χ2v) is 1.77. The topological polar surface area (TPSA) is 56.1 Å². The fraction of sp³-hybridized carbons (Fsp3) is 0. The van der Waals surface area contributed by atoms with Gasteiger partial charge in [-0.2, -0.15) is 0 Å². The molecule has 1 amide bonds. The lowest BCUT2D eigenvalue weighted by Gasteiger charge is -1.26. The molecule has 1 fully saturated rings. The molecule has 0 aromatic heterocycles. The third-order valence-corrected chi connectivity index (χ3v) is 0.908. The lowest BCUT2D eigenvalue weighted by Crippen LogP contribution is -1.63. The van der Waals surface area contributed by atoms with E-state index < -0.39 is 11.0 Å². The Morgan fingerprint density at radius 1 is 1.80 bits per heavy atom. The van der Waals surface area contributed by atoms with Crippen LogP contribution in [-0.4, -0.2) is 9.45 Å². The summed E-state index contributed by atoms with van der Waals surface area (Å²) in [4.78, 5) is 9.48. The number of rotatable bonds is 0. The molecule has 0 spiro atoms. The summed E-state index contributed by atoms with van der Waals surface area (Å²) in [7, 11) is -1.29. The minimum Gasteiger partial charge on any atom is -0.256 e. The summed E-state index contributed by atoms with van der Waals surface area (Å²) >= 11 is 0. The molecule has 1 atom stereocenters. The van der Waals surface area contributed by atoms with Crippen LogP contribution in [0.15, 0.2) is 0 Å². The monoisotopic (exact) mass is 91.0 g/mol. The lowest BCUT2D eigenvalue weighted by atomic mass is 11.5. The molecule has 28 valence electrons. The Bertz CT molecular complexity index is 85.8. The first-order valence-corrected chi connectivity index (χ1v) is 2.18. The molecule has 1 aliphatic rings. The molecule has 0 aromatic carbocycles. The number of hydrogen-bond donors (Lipinski definition) is 1. The van der Waals surface area contributed by atoms with Crippen LogP contribution in [0.5, 0.6) is 0 Å². The van der Waals surface area contributed by atoms with E-state index in [0.717, 1.165) is 0 Å². The van der Waals surface area contributed by atoms with Crippen molar-refractivity contribution in [3.05, 3.63) is 0 Å². The van der Waals surface area contributed by atoms with Gasteiger partial charge in [-0.1, -0.05) is 0 Å². The third kappa shape index (κ3) is 0.301. The molecule has 1 aliphatic heterocycles. The van der Waals surface area contributed by atoms with Crippen molar-refractivity contribution in [1.82, 2.24) is 4.72 Å². The summed E-state index contributed by atoms with van der Waals surface area (Å²) < 4.78 is 11.6. The van der Waals surface area contributed by atoms with Gasteiger partial charge >= 0.3 is 5.24 Å². The fourth-order valence-electron chi connectivity index (χ4n) is 0.0549. The van der Waals surface area contributed by atoms with Crippen molar-refractivity contribution in [3.63, 3.8) is 0 Å². The molecule has 1 unspecified atom stereocenters. The summed E-state index contributed by atoms with van der Waals surface area (Å²) in [6.45, 7) is 0. The highest BCUT2D eigenvalue weighted by molar-refractivity contribution is 8.08. The first kappa shape index (κ1) is 2.84. The molecule has 0 aliphatic carbocycles. The third-order valence-electron chi connectivity index (χ3n) is 0.303. The van der Waals surface area contributed by atoms with Crippen molar-refractivity contribution in [2.45, 2.75) is 0 Å². The smallest absolute Gasteiger partial charge is 0.256 e. The summed E-state index contributed by atoms with van der Waals surface area (Å²) in [6, 6.07) is 0. The Labute approximate surface area is 31.0 Å². The van der Waals surface area contributed by atoms with E-state index in [-0.39, 0.29) is 5.24 Å². The van der Waals surface area contributed by atoms with Gasteiger partial charge in [0, 0.05) is 0 Å². The van der Waals surface area contributed by atoms with Crippen molar-refractivity contribution >= 4 is 16.2 Å². The first-order chi connectivity index (χ1) is 2.30. The minimum atomic E-state index is -1.29. The van der Waals surface area contributed by atoms with E-state index in [1.165, 1.54) is 0 Å². The van der Waals surface area contributed by atoms with Gasteiger partial charge in [-0.25, -0.2) is 4.21 Å². The van der Waals surface area contributed by atoms with E-state index in [4.69, 9.17) is 0 Å². The second kappa shape index (κ2) is 0.567. The molecule has 1 rings (SSSR count). The van der Waals surface area contributed by atoms with E-state index in [0.29, 0.717) is 0 Å². The molecule has 1 saturated heterocycles. The molecule has 4 heteroatoms. The predicted molar refractivity (Wildman–Crippen MR) is 16.7 cm³/mol. The van der Waals surface area contributed by atoms with Gasteiger partial charge < -0.3 is 0 Å². The van der Waals surface area contributed by atoms with E-state index in [1.807, 2.05) is 4.72 Å². The maximum atomic E-state index is 9.54. The molecular formula is CHNO2S. The largest absolute Gasteiger partial charge is 0.341 e. The highest BCUT2D eigenvalue weighted by Crippen LogP contribution is 1.91. The van der Waals surface area contributed by atoms with Gasteiger partial charge in [0.15, 0.2) is 0 Å². The van der Waals surface area contributed by atoms with Gasteiger partial charge in [0.1, 0.15) is 0 Å². The van der Waals surface area contributed by atoms with Crippen LogP contribution >= 0.6 is 0 Å². The van der Waals surface area contributed by atoms with Crippen LogP contribution in [0.25, 0.3) is 0 Å². The molecule has 0 aromatic rings. The second-order valence-electron chi connectivity index (χ2n) is 0.658. The Morgan fingerprint density at radius 3 is 2.00 bits per heavy atom. The van der Waals surface area contributed by atoms with E-state index in [1.54, 1.807) is 0 Å². The number of carbonyl (C=O) groups excluding carboxylic acids is 1. The SMILES string of the molecule is O=C1NS1=O. The van der Waals surface area contributed by atoms with Gasteiger partial charge in [0.2, 0.25) is 11.0 Å². The van der Waals surface area contributed by atoms with Crippen molar-refractivity contribution in [2.24, 2.45) is 0 Å². The van der Waals surface area contributed by atoms with Gasteiger partial charge in [-0.05, 0) is 0 Å². The van der Waals surface area contributed by atoms with Gasteiger partial charge in [0.25, 0.3) is 0 Å². The highest BCUT2D eigenvalue weighted by atomic mass is 32.2. The zero-order valence-electron chi connectivity index (χ0n) is 2.22. The number of amides is 1. The summed E-state index contributed by atoms with van der Waals surface area (Å²) in [5, 5.41) is -0.356. The zero-order chi connectivity index (χ0) is 3.86. The molecule has 3 nitrogen and oxygen atoms in total. The Hall–Kier alpha value is -0.380. The number of hydrogen-bond acceptors (Lipinski definition) is 2. The van der Waals surface area contributed by atoms with Gasteiger partial charge in [-0.3, -0.25) is 9.52 Å². The summed E-state index contributed by atoms with van der Waals surface area (Å²) in [5.74, 6) is 0. The van der Waals surface area contributed by atoms with Crippen molar-refractivity contribution < 1.29 is 9.00 Å². The van der Waals surface area contributed by atoms with Crippen LogP contribution in [0.2, 0.25) is 0 Å². The van der Waals surface area contributed by atoms with Crippen LogP contribution < -0.4 is 4.72 Å². The molecule has 1 N–H and O–H groups in total. The van der Waals surface area contributed by atoms with Crippen molar-refractivity contribution in [1.29, 1.82) is 0 Å². The zero-order valence-corrected chi connectivity index (χ0v) is 3.04. The van der Waals surface area contributed by atoms with Crippen molar-refractivity contribution in [2.75, 3.05) is 0 Å². The summed E-state index contributed by atoms with van der Waals surface area (Å²) in [5.41, 5.74) is 0. The average Bonchev–Trinajstić information content (AvgIpc) is 1.79. The molecular weight excluding hydrogens is 90.1 g/mol. The van der Waals surface area contributed by atoms with Crippen LogP contribution in [0.1, 0.15) is 0 Å². The summed E-state index contributed by atoms with van der Waals surface area (Å²) in [6.07, 6.45) is 0. The highest BCUT2D eigenvalue weighted by Gasteiger charge is 2.27. The molecule has 1 heterocycles. The van der Waals surface area contributed by atoms with Gasteiger partial charge in [0.05, 0.1) is 0 Å². The molecule has 0 saturated carbocycles. The standard InChI is InChI=1S/CHNO2S/c3-1-2-5(1)4/h(H,2,3). The van der Waals surface area contributed by atoms with E-state index >= 15 is 0 Å². The van der Waals surface area contributed by atoms with Crippen molar-refractivity contribution in [3.8, 4) is 0 Å². The van der Waals surface area contributed by atoms with Crippen LogP contribution in [0.4, 0.5) is 4.79 Å². The molecule has 5 heavy (non-hydrogen) atoms. The normalized spacial score (nSPS) is 32.8. The number of carbonyl (C=O) groups is 1. The predicted octanol–water partition coefficient (Wildman–Crippen LogP) is -0.627. The number of nitrogens with one attached hydrogen (secondary N) is 1. The lowest BCUT2D eigenvalue weighted by molar-refractivity contribution is 0.269. The molecule has 0 bridgehead atoms. The quantitative estimate of drug-likeness (QED) is 0.404. The van der Waals surface area contributed by atoms with E-state index in [9.17, 15) is 9.00 Å². The van der Waals surface area contributed by atoms with Crippen LogP contribution in [0.3, 0.4) is 0 Å². The maximum Gasteiger partial charge on any atom is 0.341 e. The Balaban J connectivity index is 2.81. The average molecular weight is 91.1 g/mol.